The summed E-state index contributed by atoms with van der Waals surface area (Å²) in [5, 5.41) is 6.77. The molecule has 6 heteroatoms. The van der Waals surface area contributed by atoms with Crippen LogP contribution in [-0.2, 0) is 19.6 Å². The third-order valence-corrected chi connectivity index (χ3v) is 5.59. The lowest BCUT2D eigenvalue weighted by atomic mass is 10.1. The van der Waals surface area contributed by atoms with E-state index in [1.807, 2.05) is 0 Å². The van der Waals surface area contributed by atoms with E-state index in [4.69, 9.17) is 4.99 Å². The number of likely N-dealkylation sites (N-methyl/N-ethyl adjacent to an activating group) is 1. The van der Waals surface area contributed by atoms with E-state index in [-0.39, 0.29) is 24.0 Å². The number of guanidine groups is 1. The smallest absolute Gasteiger partial charge is 0.191 e. The van der Waals surface area contributed by atoms with Gasteiger partial charge >= 0.3 is 0 Å². The number of hydrogen-bond donors (Lipinski definition) is 2. The Morgan fingerprint density at radius 3 is 2.26 bits per heavy atom. The standard InChI is InChI=1S/C25H37N5.HI/c1-4-26-25(27-18-22-8-6-21(2)7-9-22)28-19-23-10-12-24(13-11-23)20-30-15-5-14-29(3)16-17-30;/h6-13H,4-5,14-20H2,1-3H3,(H2,26,27,28);1H. The lowest BCUT2D eigenvalue weighted by molar-refractivity contribution is 0.269. The van der Waals surface area contributed by atoms with Crippen molar-refractivity contribution in [3.63, 3.8) is 0 Å². The Bertz CT molecular complexity index is 789. The van der Waals surface area contributed by atoms with E-state index in [9.17, 15) is 0 Å². The van der Waals surface area contributed by atoms with Crippen LogP contribution in [0.3, 0.4) is 0 Å². The molecule has 0 radical (unpaired) electrons. The number of hydrogen-bond acceptors (Lipinski definition) is 3. The molecule has 0 unspecified atom stereocenters. The van der Waals surface area contributed by atoms with Gasteiger partial charge < -0.3 is 15.5 Å². The van der Waals surface area contributed by atoms with Gasteiger partial charge in [0.05, 0.1) is 6.54 Å². The van der Waals surface area contributed by atoms with Gasteiger partial charge in [0.15, 0.2) is 5.96 Å². The van der Waals surface area contributed by atoms with Crippen molar-refractivity contribution < 1.29 is 0 Å². The molecule has 1 fully saturated rings. The molecule has 170 valence electrons. The van der Waals surface area contributed by atoms with Gasteiger partial charge in [0.1, 0.15) is 0 Å². The summed E-state index contributed by atoms with van der Waals surface area (Å²) in [7, 11) is 2.22. The van der Waals surface area contributed by atoms with Gasteiger partial charge in [-0.05, 0) is 57.1 Å². The highest BCUT2D eigenvalue weighted by molar-refractivity contribution is 14.0. The minimum Gasteiger partial charge on any atom is -0.357 e. The van der Waals surface area contributed by atoms with Gasteiger partial charge in [0, 0.05) is 32.7 Å². The first-order chi connectivity index (χ1) is 14.6. The molecule has 1 heterocycles. The fourth-order valence-corrected chi connectivity index (χ4v) is 3.67. The van der Waals surface area contributed by atoms with E-state index in [1.165, 1.54) is 41.8 Å². The summed E-state index contributed by atoms with van der Waals surface area (Å²) in [6, 6.07) is 17.6. The molecule has 0 bridgehead atoms. The van der Waals surface area contributed by atoms with Gasteiger partial charge in [0.2, 0.25) is 0 Å². The molecule has 0 spiro atoms. The first-order valence-corrected chi connectivity index (χ1v) is 11.2. The number of nitrogens with zero attached hydrogens (tertiary/aromatic N) is 3. The fourth-order valence-electron chi connectivity index (χ4n) is 3.67. The van der Waals surface area contributed by atoms with E-state index in [0.29, 0.717) is 6.54 Å². The molecular formula is C25H38IN5. The largest absolute Gasteiger partial charge is 0.357 e. The predicted octanol–water partition coefficient (Wildman–Crippen LogP) is 4.01. The third-order valence-electron chi connectivity index (χ3n) is 5.59. The second kappa shape index (κ2) is 13.7. The van der Waals surface area contributed by atoms with Crippen LogP contribution in [0.25, 0.3) is 0 Å². The SMILES string of the molecule is CCNC(=NCc1ccc(CN2CCCN(C)CC2)cc1)NCc1ccc(C)cc1.I. The average molecular weight is 536 g/mol. The van der Waals surface area contributed by atoms with Crippen molar-refractivity contribution >= 4 is 29.9 Å². The Morgan fingerprint density at radius 1 is 0.871 bits per heavy atom. The molecule has 0 aromatic heterocycles. The highest BCUT2D eigenvalue weighted by Crippen LogP contribution is 2.11. The lowest BCUT2D eigenvalue weighted by Crippen LogP contribution is -2.36. The predicted molar refractivity (Wildman–Crippen MR) is 142 cm³/mol. The molecule has 31 heavy (non-hydrogen) atoms. The molecule has 2 N–H and O–H groups in total. The van der Waals surface area contributed by atoms with Crippen LogP contribution in [-0.4, -0.2) is 55.5 Å². The Hall–Kier alpha value is -1.64. The van der Waals surface area contributed by atoms with E-state index in [0.717, 1.165) is 38.7 Å². The van der Waals surface area contributed by atoms with Crippen molar-refractivity contribution in [3.8, 4) is 0 Å². The zero-order valence-electron chi connectivity index (χ0n) is 19.2. The van der Waals surface area contributed by atoms with Gasteiger partial charge in [-0.1, -0.05) is 54.1 Å². The lowest BCUT2D eigenvalue weighted by Gasteiger charge is -2.20. The van der Waals surface area contributed by atoms with Crippen molar-refractivity contribution in [1.29, 1.82) is 0 Å². The molecule has 0 saturated carbocycles. The number of aryl methyl sites for hydroxylation is 1. The topological polar surface area (TPSA) is 42.9 Å². The van der Waals surface area contributed by atoms with E-state index in [2.05, 4.69) is 89.9 Å². The molecule has 1 saturated heterocycles. The van der Waals surface area contributed by atoms with Crippen LogP contribution in [0.4, 0.5) is 0 Å². The summed E-state index contributed by atoms with van der Waals surface area (Å²) >= 11 is 0. The number of aliphatic imine (C=N–C) groups is 1. The second-order valence-corrected chi connectivity index (χ2v) is 8.28. The highest BCUT2D eigenvalue weighted by atomic mass is 127. The Morgan fingerprint density at radius 2 is 1.55 bits per heavy atom. The summed E-state index contributed by atoms with van der Waals surface area (Å²) in [4.78, 5) is 9.75. The van der Waals surface area contributed by atoms with E-state index in [1.54, 1.807) is 0 Å². The second-order valence-electron chi connectivity index (χ2n) is 8.28. The summed E-state index contributed by atoms with van der Waals surface area (Å²) in [5.41, 5.74) is 5.17. The summed E-state index contributed by atoms with van der Waals surface area (Å²) < 4.78 is 0. The summed E-state index contributed by atoms with van der Waals surface area (Å²) in [6.45, 7) is 12.3. The van der Waals surface area contributed by atoms with Crippen LogP contribution in [0, 0.1) is 6.92 Å². The van der Waals surface area contributed by atoms with Crippen LogP contribution >= 0.6 is 24.0 Å². The first kappa shape index (κ1) is 25.6. The van der Waals surface area contributed by atoms with Crippen LogP contribution in [0.1, 0.15) is 35.6 Å². The number of rotatable bonds is 7. The molecule has 3 rings (SSSR count). The third kappa shape index (κ3) is 9.17. The zero-order valence-corrected chi connectivity index (χ0v) is 21.6. The van der Waals surface area contributed by atoms with Crippen molar-refractivity contribution in [2.45, 2.75) is 39.9 Å². The molecular weight excluding hydrogens is 497 g/mol. The molecule has 0 amide bonds. The van der Waals surface area contributed by atoms with Gasteiger partial charge in [-0.25, -0.2) is 4.99 Å². The molecule has 5 nitrogen and oxygen atoms in total. The number of benzene rings is 2. The zero-order chi connectivity index (χ0) is 21.2. The van der Waals surface area contributed by atoms with E-state index < -0.39 is 0 Å². The number of halogens is 1. The fraction of sp³-hybridized carbons (Fsp3) is 0.480. The van der Waals surface area contributed by atoms with Crippen LogP contribution in [0.2, 0.25) is 0 Å². The minimum absolute atomic E-state index is 0. The molecule has 0 atom stereocenters. The Kier molecular flexibility index (Phi) is 11.3. The van der Waals surface area contributed by atoms with E-state index >= 15 is 0 Å². The van der Waals surface area contributed by atoms with Crippen molar-refractivity contribution in [1.82, 2.24) is 20.4 Å². The molecule has 0 aliphatic carbocycles. The quantitative estimate of drug-likeness (QED) is 0.320. The van der Waals surface area contributed by atoms with Gasteiger partial charge in [-0.3, -0.25) is 4.90 Å². The molecule has 2 aromatic rings. The molecule has 2 aromatic carbocycles. The van der Waals surface area contributed by atoms with Crippen molar-refractivity contribution in [2.75, 3.05) is 39.8 Å². The van der Waals surface area contributed by atoms with Gasteiger partial charge in [0.25, 0.3) is 0 Å². The maximum Gasteiger partial charge on any atom is 0.191 e. The number of nitrogens with one attached hydrogen (secondary N) is 2. The maximum absolute atomic E-state index is 4.76. The maximum atomic E-state index is 4.76. The normalized spacial score (nSPS) is 15.8. The summed E-state index contributed by atoms with van der Waals surface area (Å²) in [5.74, 6) is 0.857. The highest BCUT2D eigenvalue weighted by Gasteiger charge is 2.12. The van der Waals surface area contributed by atoms with Gasteiger partial charge in [-0.15, -0.1) is 24.0 Å². The monoisotopic (exact) mass is 535 g/mol. The van der Waals surface area contributed by atoms with Crippen LogP contribution in [0.15, 0.2) is 53.5 Å². The van der Waals surface area contributed by atoms with Crippen molar-refractivity contribution in [2.24, 2.45) is 4.99 Å². The Labute approximate surface area is 205 Å². The van der Waals surface area contributed by atoms with Crippen molar-refractivity contribution in [3.05, 3.63) is 70.8 Å². The minimum atomic E-state index is 0. The van der Waals surface area contributed by atoms with Crippen LogP contribution in [0.5, 0.6) is 0 Å². The van der Waals surface area contributed by atoms with Crippen LogP contribution < -0.4 is 10.6 Å². The summed E-state index contributed by atoms with van der Waals surface area (Å²) in [6.07, 6.45) is 1.26. The Balaban J connectivity index is 0.00000341. The first-order valence-electron chi connectivity index (χ1n) is 11.2. The molecule has 1 aliphatic heterocycles. The van der Waals surface area contributed by atoms with Gasteiger partial charge in [-0.2, -0.15) is 0 Å². The average Bonchev–Trinajstić information content (AvgIpc) is 2.96. The molecule has 1 aliphatic rings.